The van der Waals surface area contributed by atoms with E-state index in [0.29, 0.717) is 5.56 Å². The largest absolute Gasteiger partial charge is 0.416 e. The van der Waals surface area contributed by atoms with Crippen molar-refractivity contribution in [2.75, 3.05) is 0 Å². The number of hydrogen-bond acceptors (Lipinski definition) is 0. The van der Waals surface area contributed by atoms with Gasteiger partial charge in [0.25, 0.3) is 0 Å². The second-order valence-electron chi connectivity index (χ2n) is 4.85. The van der Waals surface area contributed by atoms with Gasteiger partial charge in [-0.25, -0.2) is 0 Å². The normalized spacial score (nSPS) is 11.0. The van der Waals surface area contributed by atoms with Crippen molar-refractivity contribution in [3.05, 3.63) is 83.4 Å². The van der Waals surface area contributed by atoms with Gasteiger partial charge in [0, 0.05) is 11.1 Å². The fourth-order valence-electron chi connectivity index (χ4n) is 2.22. The molecule has 0 spiro atoms. The highest BCUT2D eigenvalue weighted by Gasteiger charge is 2.29. The van der Waals surface area contributed by atoms with Gasteiger partial charge >= 0.3 is 6.18 Å². The monoisotopic (exact) mass is 296 g/mol. The molecule has 0 aliphatic heterocycles. The van der Waals surface area contributed by atoms with Crippen LogP contribution in [0, 0.1) is 11.8 Å². The summed E-state index contributed by atoms with van der Waals surface area (Å²) in [5.41, 5.74) is 0.752. The highest BCUT2D eigenvalue weighted by Crippen LogP contribution is 2.29. The predicted molar refractivity (Wildman–Crippen MR) is 81.4 cm³/mol. The Morgan fingerprint density at radius 2 is 1.36 bits per heavy atom. The van der Waals surface area contributed by atoms with Crippen molar-refractivity contribution in [3.8, 4) is 11.8 Å². The van der Waals surface area contributed by atoms with Crippen molar-refractivity contribution >= 4 is 10.8 Å². The van der Waals surface area contributed by atoms with E-state index < -0.39 is 11.7 Å². The number of rotatable bonds is 0. The van der Waals surface area contributed by atoms with Gasteiger partial charge in [0.05, 0.1) is 5.56 Å². The molecule has 0 aliphatic carbocycles. The average molecular weight is 296 g/mol. The lowest BCUT2D eigenvalue weighted by atomic mass is 10.0. The van der Waals surface area contributed by atoms with Crippen LogP contribution in [-0.4, -0.2) is 0 Å². The van der Waals surface area contributed by atoms with Gasteiger partial charge in [-0.1, -0.05) is 48.2 Å². The molecular weight excluding hydrogens is 285 g/mol. The number of hydrogen-bond donors (Lipinski definition) is 0. The summed E-state index contributed by atoms with van der Waals surface area (Å²) in [6, 6.07) is 18.6. The maximum absolute atomic E-state index is 12.5. The molecule has 3 heteroatoms. The first-order chi connectivity index (χ1) is 10.5. The van der Waals surface area contributed by atoms with Crippen LogP contribution in [0.25, 0.3) is 10.8 Å². The summed E-state index contributed by atoms with van der Waals surface area (Å²) < 4.78 is 37.5. The van der Waals surface area contributed by atoms with Crippen molar-refractivity contribution < 1.29 is 13.2 Å². The highest BCUT2D eigenvalue weighted by molar-refractivity contribution is 5.88. The van der Waals surface area contributed by atoms with Crippen molar-refractivity contribution in [1.82, 2.24) is 0 Å². The Morgan fingerprint density at radius 1 is 0.682 bits per heavy atom. The van der Waals surface area contributed by atoms with Crippen LogP contribution in [0.4, 0.5) is 13.2 Å². The van der Waals surface area contributed by atoms with Crippen LogP contribution in [0.2, 0.25) is 0 Å². The third-order valence-electron chi connectivity index (χ3n) is 3.34. The second-order valence-corrected chi connectivity index (χ2v) is 4.85. The van der Waals surface area contributed by atoms with Gasteiger partial charge in [0.15, 0.2) is 0 Å². The molecule has 0 heterocycles. The summed E-state index contributed by atoms with van der Waals surface area (Å²) in [6.45, 7) is 0. The average Bonchev–Trinajstić information content (AvgIpc) is 2.52. The topological polar surface area (TPSA) is 0 Å². The molecule has 0 amide bonds. The van der Waals surface area contributed by atoms with Crippen LogP contribution >= 0.6 is 0 Å². The molecule has 108 valence electrons. The Morgan fingerprint density at radius 3 is 2.09 bits per heavy atom. The molecule has 0 unspecified atom stereocenters. The van der Waals surface area contributed by atoms with Crippen molar-refractivity contribution in [2.24, 2.45) is 0 Å². The molecule has 0 saturated carbocycles. The summed E-state index contributed by atoms with van der Waals surface area (Å²) in [5, 5.41) is 2.12. The summed E-state index contributed by atoms with van der Waals surface area (Å²) >= 11 is 0. The van der Waals surface area contributed by atoms with E-state index in [4.69, 9.17) is 0 Å². The van der Waals surface area contributed by atoms with Gasteiger partial charge in [-0.05, 0) is 41.1 Å². The first-order valence-electron chi connectivity index (χ1n) is 6.71. The van der Waals surface area contributed by atoms with Gasteiger partial charge in [0.2, 0.25) is 0 Å². The number of benzene rings is 3. The van der Waals surface area contributed by atoms with Crippen LogP contribution in [0.3, 0.4) is 0 Å². The zero-order chi connectivity index (χ0) is 15.6. The lowest BCUT2D eigenvalue weighted by Gasteiger charge is -2.05. The zero-order valence-corrected chi connectivity index (χ0v) is 11.5. The SMILES string of the molecule is FC(F)(F)c1ccc(C#Cc2cccc3ccccc23)cc1. The lowest BCUT2D eigenvalue weighted by Crippen LogP contribution is -2.04. The number of alkyl halides is 3. The molecule has 0 aliphatic rings. The van der Waals surface area contributed by atoms with E-state index in [1.807, 2.05) is 42.5 Å². The molecule has 3 aromatic rings. The first kappa shape index (κ1) is 14.2. The van der Waals surface area contributed by atoms with E-state index in [2.05, 4.69) is 11.8 Å². The Bertz CT molecular complexity index is 858. The van der Waals surface area contributed by atoms with Gasteiger partial charge in [-0.3, -0.25) is 0 Å². The van der Waals surface area contributed by atoms with Crippen molar-refractivity contribution in [3.63, 3.8) is 0 Å². The Kier molecular flexibility index (Phi) is 3.60. The van der Waals surface area contributed by atoms with Crippen molar-refractivity contribution in [2.45, 2.75) is 6.18 Å². The minimum absolute atomic E-state index is 0.556. The summed E-state index contributed by atoms with van der Waals surface area (Å²) in [4.78, 5) is 0. The van der Waals surface area contributed by atoms with E-state index >= 15 is 0 Å². The smallest absolute Gasteiger partial charge is 0.166 e. The van der Waals surface area contributed by atoms with Gasteiger partial charge in [-0.2, -0.15) is 13.2 Å². The zero-order valence-electron chi connectivity index (χ0n) is 11.5. The molecule has 0 radical (unpaired) electrons. The fourth-order valence-corrected chi connectivity index (χ4v) is 2.22. The third kappa shape index (κ3) is 2.96. The first-order valence-corrected chi connectivity index (χ1v) is 6.71. The predicted octanol–water partition coefficient (Wildman–Crippen LogP) is 5.26. The lowest BCUT2D eigenvalue weighted by molar-refractivity contribution is -0.137. The summed E-state index contributed by atoms with van der Waals surface area (Å²) in [6.07, 6.45) is -4.32. The summed E-state index contributed by atoms with van der Waals surface area (Å²) in [7, 11) is 0. The molecule has 3 aromatic carbocycles. The molecule has 3 rings (SSSR count). The molecule has 0 bridgehead atoms. The molecule has 0 fully saturated rings. The number of fused-ring (bicyclic) bond motifs is 1. The van der Waals surface area contributed by atoms with Crippen LogP contribution < -0.4 is 0 Å². The quantitative estimate of drug-likeness (QED) is 0.496. The Labute approximate surface area is 126 Å². The third-order valence-corrected chi connectivity index (χ3v) is 3.34. The molecule has 0 atom stereocenters. The van der Waals surface area contributed by atoms with Crippen molar-refractivity contribution in [1.29, 1.82) is 0 Å². The Balaban J connectivity index is 1.95. The summed E-state index contributed by atoms with van der Waals surface area (Å²) in [5.74, 6) is 5.95. The van der Waals surface area contributed by atoms with Gasteiger partial charge in [-0.15, -0.1) is 0 Å². The molecule has 0 nitrogen and oxygen atoms in total. The van der Waals surface area contributed by atoms with E-state index in [1.165, 1.54) is 12.1 Å². The van der Waals surface area contributed by atoms with Crippen LogP contribution in [-0.2, 0) is 6.18 Å². The van der Waals surface area contributed by atoms with Crippen LogP contribution in [0.5, 0.6) is 0 Å². The molecule has 0 N–H and O–H groups in total. The molecule has 0 aromatic heterocycles. The minimum Gasteiger partial charge on any atom is -0.166 e. The van der Waals surface area contributed by atoms with Gasteiger partial charge < -0.3 is 0 Å². The van der Waals surface area contributed by atoms with E-state index in [0.717, 1.165) is 28.5 Å². The standard InChI is InChI=1S/C19H11F3/c20-19(21,22)17-12-9-14(10-13-17)8-11-16-6-3-5-15-4-1-2-7-18(15)16/h1-7,9-10,12-13H. The number of halogens is 3. The molecule has 22 heavy (non-hydrogen) atoms. The second kappa shape index (κ2) is 5.57. The molecular formula is C19H11F3. The van der Waals surface area contributed by atoms with E-state index in [9.17, 15) is 13.2 Å². The Hall–Kier alpha value is -2.73. The van der Waals surface area contributed by atoms with Crippen LogP contribution in [0.1, 0.15) is 16.7 Å². The maximum Gasteiger partial charge on any atom is 0.416 e. The van der Waals surface area contributed by atoms with E-state index in [1.54, 1.807) is 0 Å². The fraction of sp³-hybridized carbons (Fsp3) is 0.0526. The van der Waals surface area contributed by atoms with Crippen LogP contribution in [0.15, 0.2) is 66.7 Å². The maximum atomic E-state index is 12.5. The van der Waals surface area contributed by atoms with E-state index in [-0.39, 0.29) is 0 Å². The minimum atomic E-state index is -4.32. The highest BCUT2D eigenvalue weighted by atomic mass is 19.4. The molecule has 0 saturated heterocycles. The van der Waals surface area contributed by atoms with Gasteiger partial charge in [0.1, 0.15) is 0 Å².